The Labute approximate surface area is 112 Å². The lowest BCUT2D eigenvalue weighted by molar-refractivity contribution is -0.147. The van der Waals surface area contributed by atoms with Crippen molar-refractivity contribution in [3.63, 3.8) is 0 Å². The van der Waals surface area contributed by atoms with E-state index >= 15 is 0 Å². The largest absolute Gasteiger partial charge is 0.481 e. The van der Waals surface area contributed by atoms with Crippen LogP contribution in [-0.4, -0.2) is 54.9 Å². The van der Waals surface area contributed by atoms with E-state index in [4.69, 9.17) is 5.11 Å². The lowest BCUT2D eigenvalue weighted by atomic mass is 9.90. The first-order valence-electron chi connectivity index (χ1n) is 6.43. The first kappa shape index (κ1) is 14.3. The van der Waals surface area contributed by atoms with E-state index in [1.54, 1.807) is 11.8 Å². The number of carbonyl (C=O) groups is 2. The first-order valence-corrected chi connectivity index (χ1v) is 8.26. The van der Waals surface area contributed by atoms with Crippen molar-refractivity contribution in [2.45, 2.75) is 26.2 Å². The van der Waals surface area contributed by atoms with Crippen LogP contribution in [0.2, 0.25) is 0 Å². The van der Waals surface area contributed by atoms with Crippen LogP contribution in [0.4, 0.5) is 0 Å². The zero-order valence-electron chi connectivity index (χ0n) is 11.0. The van der Waals surface area contributed by atoms with Crippen LogP contribution in [0, 0.1) is 11.3 Å². The molecule has 0 aliphatic carbocycles. The minimum Gasteiger partial charge on any atom is -0.481 e. The summed E-state index contributed by atoms with van der Waals surface area (Å²) in [5.74, 6) is -0.854. The molecule has 2 heterocycles. The molecule has 2 atom stereocenters. The van der Waals surface area contributed by atoms with E-state index in [1.807, 2.05) is 0 Å². The maximum atomic E-state index is 12.1. The van der Waals surface area contributed by atoms with Crippen molar-refractivity contribution in [3.05, 3.63) is 0 Å². The van der Waals surface area contributed by atoms with Crippen LogP contribution < -0.4 is 0 Å². The van der Waals surface area contributed by atoms with Crippen LogP contribution in [0.5, 0.6) is 0 Å². The molecule has 0 saturated carbocycles. The van der Waals surface area contributed by atoms with Gasteiger partial charge in [-0.1, -0.05) is 0 Å². The average Bonchev–Trinajstić information content (AvgIpc) is 2.83. The number of carboxylic acid groups (broad SMARTS) is 1. The molecule has 0 spiro atoms. The molecule has 2 rings (SSSR count). The molecule has 2 aliphatic heterocycles. The van der Waals surface area contributed by atoms with E-state index in [2.05, 4.69) is 0 Å². The highest BCUT2D eigenvalue weighted by Gasteiger charge is 2.42. The van der Waals surface area contributed by atoms with Gasteiger partial charge in [-0.2, -0.15) is 0 Å². The van der Waals surface area contributed by atoms with E-state index in [1.165, 1.54) is 0 Å². The lowest BCUT2D eigenvalue weighted by Gasteiger charge is -2.21. The van der Waals surface area contributed by atoms with E-state index in [0.717, 1.165) is 0 Å². The summed E-state index contributed by atoms with van der Waals surface area (Å²) in [4.78, 5) is 24.7. The standard InChI is InChI=1S/C12H19NO5S/c1-12(11(15)16)3-4-13(8-12)10(14)6-9-2-5-19(17,18)7-9/h9H,2-8H2,1H3,(H,15,16). The predicted molar refractivity (Wildman–Crippen MR) is 68.3 cm³/mol. The number of sulfone groups is 1. The number of amides is 1. The minimum atomic E-state index is -2.97. The Morgan fingerprint density at radius 3 is 2.58 bits per heavy atom. The molecule has 1 amide bonds. The SMILES string of the molecule is CC1(C(=O)O)CCN(C(=O)CC2CCS(=O)(=O)C2)C1. The monoisotopic (exact) mass is 289 g/mol. The summed E-state index contributed by atoms with van der Waals surface area (Å²) in [6.07, 6.45) is 1.21. The molecule has 0 bridgehead atoms. The van der Waals surface area contributed by atoms with Gasteiger partial charge in [0, 0.05) is 19.5 Å². The van der Waals surface area contributed by atoms with Gasteiger partial charge in [-0.15, -0.1) is 0 Å². The van der Waals surface area contributed by atoms with Gasteiger partial charge >= 0.3 is 5.97 Å². The molecular weight excluding hydrogens is 270 g/mol. The van der Waals surface area contributed by atoms with Crippen LogP contribution in [0.15, 0.2) is 0 Å². The fourth-order valence-corrected chi connectivity index (χ4v) is 4.62. The number of nitrogens with zero attached hydrogens (tertiary/aromatic N) is 1. The summed E-state index contributed by atoms with van der Waals surface area (Å²) >= 11 is 0. The second kappa shape index (κ2) is 4.77. The Balaban J connectivity index is 1.91. The third-order valence-electron chi connectivity index (χ3n) is 4.13. The molecule has 108 valence electrons. The minimum absolute atomic E-state index is 0.0861. The van der Waals surface area contributed by atoms with Crippen LogP contribution in [0.25, 0.3) is 0 Å². The molecule has 2 saturated heterocycles. The van der Waals surface area contributed by atoms with Crippen molar-refractivity contribution in [1.82, 2.24) is 4.90 Å². The predicted octanol–water partition coefficient (Wildman–Crippen LogP) is 0.134. The van der Waals surface area contributed by atoms with Crippen molar-refractivity contribution in [2.75, 3.05) is 24.6 Å². The highest BCUT2D eigenvalue weighted by Crippen LogP contribution is 2.31. The van der Waals surface area contributed by atoms with Gasteiger partial charge < -0.3 is 10.0 Å². The second-order valence-corrected chi connectivity index (χ2v) is 8.13. The quantitative estimate of drug-likeness (QED) is 0.797. The van der Waals surface area contributed by atoms with Crippen molar-refractivity contribution in [1.29, 1.82) is 0 Å². The van der Waals surface area contributed by atoms with Gasteiger partial charge in [0.05, 0.1) is 16.9 Å². The van der Waals surface area contributed by atoms with E-state index < -0.39 is 21.2 Å². The average molecular weight is 289 g/mol. The third kappa shape index (κ3) is 3.08. The molecule has 2 aliphatic rings. The van der Waals surface area contributed by atoms with Crippen LogP contribution in [0.3, 0.4) is 0 Å². The second-order valence-electron chi connectivity index (χ2n) is 5.90. The van der Waals surface area contributed by atoms with Gasteiger partial charge in [0.25, 0.3) is 0 Å². The fraction of sp³-hybridized carbons (Fsp3) is 0.833. The highest BCUT2D eigenvalue weighted by atomic mass is 32.2. The molecule has 19 heavy (non-hydrogen) atoms. The van der Waals surface area contributed by atoms with Gasteiger partial charge in [-0.25, -0.2) is 8.42 Å². The number of hydrogen-bond acceptors (Lipinski definition) is 4. The molecule has 6 nitrogen and oxygen atoms in total. The van der Waals surface area contributed by atoms with Crippen molar-refractivity contribution in [2.24, 2.45) is 11.3 Å². The third-order valence-corrected chi connectivity index (χ3v) is 5.97. The first-order chi connectivity index (χ1) is 8.72. The number of carbonyl (C=O) groups excluding carboxylic acids is 1. The maximum Gasteiger partial charge on any atom is 0.311 e. The summed E-state index contributed by atoms with van der Waals surface area (Å²) < 4.78 is 22.7. The molecular formula is C12H19NO5S. The Morgan fingerprint density at radius 1 is 1.42 bits per heavy atom. The van der Waals surface area contributed by atoms with Crippen molar-refractivity contribution < 1.29 is 23.1 Å². The summed E-state index contributed by atoms with van der Waals surface area (Å²) in [7, 11) is -2.97. The summed E-state index contributed by atoms with van der Waals surface area (Å²) in [5, 5.41) is 9.11. The number of aliphatic carboxylic acids is 1. The smallest absolute Gasteiger partial charge is 0.311 e. The zero-order valence-corrected chi connectivity index (χ0v) is 11.8. The van der Waals surface area contributed by atoms with Crippen LogP contribution >= 0.6 is 0 Å². The number of hydrogen-bond donors (Lipinski definition) is 1. The molecule has 0 aromatic rings. The Bertz CT molecular complexity index is 500. The molecule has 0 radical (unpaired) electrons. The van der Waals surface area contributed by atoms with Gasteiger partial charge in [-0.05, 0) is 25.7 Å². The fourth-order valence-electron chi connectivity index (χ4n) is 2.76. The summed E-state index contributed by atoms with van der Waals surface area (Å²) in [6.45, 7) is 2.31. The van der Waals surface area contributed by atoms with Crippen molar-refractivity contribution >= 4 is 21.7 Å². The lowest BCUT2D eigenvalue weighted by Crippen LogP contribution is -2.35. The molecule has 0 aromatic heterocycles. The number of likely N-dealkylation sites (tertiary alicyclic amines) is 1. The molecule has 2 fully saturated rings. The number of rotatable bonds is 3. The van der Waals surface area contributed by atoms with Gasteiger partial charge in [0.2, 0.25) is 5.91 Å². The zero-order chi connectivity index (χ0) is 14.3. The molecule has 7 heteroatoms. The Morgan fingerprint density at radius 2 is 2.11 bits per heavy atom. The molecule has 0 aromatic carbocycles. The van der Waals surface area contributed by atoms with Gasteiger partial charge in [0.1, 0.15) is 0 Å². The van der Waals surface area contributed by atoms with E-state index in [0.29, 0.717) is 19.4 Å². The normalized spacial score (nSPS) is 33.5. The van der Waals surface area contributed by atoms with Gasteiger partial charge in [-0.3, -0.25) is 9.59 Å². The number of carboxylic acids is 1. The van der Waals surface area contributed by atoms with E-state index in [-0.39, 0.29) is 36.3 Å². The summed E-state index contributed by atoms with van der Waals surface area (Å²) in [6, 6.07) is 0. The highest BCUT2D eigenvalue weighted by molar-refractivity contribution is 7.91. The molecule has 2 unspecified atom stereocenters. The Hall–Kier alpha value is -1.11. The maximum absolute atomic E-state index is 12.1. The van der Waals surface area contributed by atoms with Crippen molar-refractivity contribution in [3.8, 4) is 0 Å². The molecule has 1 N–H and O–H groups in total. The van der Waals surface area contributed by atoms with Crippen LogP contribution in [-0.2, 0) is 19.4 Å². The van der Waals surface area contributed by atoms with Crippen LogP contribution in [0.1, 0.15) is 26.2 Å². The summed E-state index contributed by atoms with van der Waals surface area (Å²) in [5.41, 5.74) is -0.864. The Kier molecular flexibility index (Phi) is 3.59. The van der Waals surface area contributed by atoms with Gasteiger partial charge in [0.15, 0.2) is 9.84 Å². The topological polar surface area (TPSA) is 91.8 Å². The van der Waals surface area contributed by atoms with E-state index in [9.17, 15) is 18.0 Å².